The maximum atomic E-state index is 12.3. The highest BCUT2D eigenvalue weighted by atomic mass is 35.5. The third-order valence-corrected chi connectivity index (χ3v) is 6.57. The molecule has 0 aromatic heterocycles. The summed E-state index contributed by atoms with van der Waals surface area (Å²) >= 11 is 12.1. The molecule has 4 unspecified atom stereocenters. The SMILES string of the molecule is N/C(=N\[S+](=O)([O-])C1CCC(Cl)C(Cl)C1)C1=NCCCC1. The normalized spacial score (nSPS) is 35.2. The van der Waals surface area contributed by atoms with E-state index in [9.17, 15) is 8.76 Å². The van der Waals surface area contributed by atoms with Gasteiger partial charge in [0.1, 0.15) is 5.25 Å². The number of alkyl halides is 2. The molecular weight excluding hydrogens is 321 g/mol. The van der Waals surface area contributed by atoms with Crippen molar-refractivity contribution in [1.82, 2.24) is 0 Å². The fourth-order valence-corrected chi connectivity index (χ4v) is 4.57. The van der Waals surface area contributed by atoms with E-state index in [0.29, 0.717) is 37.9 Å². The second kappa shape index (κ2) is 6.73. The summed E-state index contributed by atoms with van der Waals surface area (Å²) in [4.78, 5) is 4.23. The summed E-state index contributed by atoms with van der Waals surface area (Å²) < 4.78 is 28.3. The maximum Gasteiger partial charge on any atom is 0.195 e. The van der Waals surface area contributed by atoms with Gasteiger partial charge >= 0.3 is 0 Å². The lowest BCUT2D eigenvalue weighted by molar-refractivity contribution is 0.432. The van der Waals surface area contributed by atoms with Gasteiger partial charge in [-0.25, -0.2) is 0 Å². The number of nitrogens with two attached hydrogens (primary N) is 1. The summed E-state index contributed by atoms with van der Waals surface area (Å²) in [6, 6.07) is 0. The van der Waals surface area contributed by atoms with Crippen LogP contribution >= 0.6 is 23.2 Å². The smallest absolute Gasteiger partial charge is 0.195 e. The number of aliphatic imine (C=N–C) groups is 1. The van der Waals surface area contributed by atoms with Gasteiger partial charge in [-0.2, -0.15) is 0 Å². The van der Waals surface area contributed by atoms with Gasteiger partial charge in [-0.15, -0.1) is 23.2 Å². The fourth-order valence-electron chi connectivity index (χ4n) is 2.48. The van der Waals surface area contributed by atoms with Crippen LogP contribution in [-0.2, 0) is 14.6 Å². The number of hydrogen-bond acceptors (Lipinski definition) is 3. The maximum absolute atomic E-state index is 12.3. The summed E-state index contributed by atoms with van der Waals surface area (Å²) in [5.41, 5.74) is 6.39. The Bertz CT molecular complexity index is 470. The molecule has 20 heavy (non-hydrogen) atoms. The molecule has 5 nitrogen and oxygen atoms in total. The minimum Gasteiger partial charge on any atom is -0.591 e. The second-order valence-corrected chi connectivity index (χ2v) is 8.24. The highest BCUT2D eigenvalue weighted by molar-refractivity contribution is 7.97. The van der Waals surface area contributed by atoms with Crippen LogP contribution in [0.5, 0.6) is 0 Å². The van der Waals surface area contributed by atoms with Crippen molar-refractivity contribution in [2.75, 3.05) is 6.54 Å². The molecule has 2 rings (SSSR count). The van der Waals surface area contributed by atoms with Gasteiger partial charge in [0, 0.05) is 13.0 Å². The van der Waals surface area contributed by atoms with Gasteiger partial charge in [0.2, 0.25) is 0 Å². The van der Waals surface area contributed by atoms with E-state index in [2.05, 4.69) is 9.39 Å². The van der Waals surface area contributed by atoms with Crippen LogP contribution in [0, 0.1) is 0 Å². The first-order valence-corrected chi connectivity index (χ1v) is 9.19. The van der Waals surface area contributed by atoms with Crippen LogP contribution in [0.3, 0.4) is 0 Å². The van der Waals surface area contributed by atoms with Gasteiger partial charge in [-0.1, -0.05) is 4.21 Å². The van der Waals surface area contributed by atoms with Gasteiger partial charge < -0.3 is 10.3 Å². The fraction of sp³-hybridized carbons (Fsp3) is 0.833. The van der Waals surface area contributed by atoms with E-state index >= 15 is 0 Å². The first kappa shape index (κ1) is 16.2. The zero-order valence-electron chi connectivity index (χ0n) is 11.1. The third-order valence-electron chi connectivity index (χ3n) is 3.71. The zero-order chi connectivity index (χ0) is 14.8. The van der Waals surface area contributed by atoms with Crippen LogP contribution < -0.4 is 5.73 Å². The molecule has 114 valence electrons. The van der Waals surface area contributed by atoms with Crippen molar-refractivity contribution in [2.24, 2.45) is 15.1 Å². The van der Waals surface area contributed by atoms with Crippen molar-refractivity contribution in [3.8, 4) is 0 Å². The monoisotopic (exact) mass is 339 g/mol. The first-order valence-electron chi connectivity index (χ1n) is 6.81. The molecule has 1 aliphatic heterocycles. The van der Waals surface area contributed by atoms with Crippen LogP contribution in [0.4, 0.5) is 0 Å². The van der Waals surface area contributed by atoms with Crippen molar-refractivity contribution in [1.29, 1.82) is 0 Å². The lowest BCUT2D eigenvalue weighted by Crippen LogP contribution is -2.38. The predicted octanol–water partition coefficient (Wildman–Crippen LogP) is 2.28. The Morgan fingerprint density at radius 3 is 2.70 bits per heavy atom. The van der Waals surface area contributed by atoms with E-state index in [-0.39, 0.29) is 16.6 Å². The summed E-state index contributed by atoms with van der Waals surface area (Å²) in [7, 11) is -3.65. The third kappa shape index (κ3) is 3.93. The molecule has 0 amide bonds. The van der Waals surface area contributed by atoms with E-state index in [4.69, 9.17) is 28.9 Å². The standard InChI is InChI=1S/C12H19Cl2N3O2S/c13-9-5-4-8(7-10(9)14)20(18,19)17-12(15)11-3-1-2-6-16-11/h8-10H,1-7H2,(H2-,15,17,18,19). The number of halogens is 2. The Morgan fingerprint density at radius 1 is 1.35 bits per heavy atom. The second-order valence-electron chi connectivity index (χ2n) is 5.24. The summed E-state index contributed by atoms with van der Waals surface area (Å²) in [6.07, 6.45) is 4.05. The van der Waals surface area contributed by atoms with Gasteiger partial charge in [-0.05, 0) is 36.5 Å². The number of sulfonamides is 1. The van der Waals surface area contributed by atoms with E-state index in [1.807, 2.05) is 0 Å². The van der Waals surface area contributed by atoms with Crippen molar-refractivity contribution in [3.63, 3.8) is 0 Å². The highest BCUT2D eigenvalue weighted by Crippen LogP contribution is 2.33. The quantitative estimate of drug-likeness (QED) is 0.370. The van der Waals surface area contributed by atoms with Crippen LogP contribution in [0.1, 0.15) is 38.5 Å². The lowest BCUT2D eigenvalue weighted by atomic mass is 9.99. The summed E-state index contributed by atoms with van der Waals surface area (Å²) in [6.45, 7) is 0.687. The van der Waals surface area contributed by atoms with Crippen molar-refractivity contribution >= 4 is 45.1 Å². The van der Waals surface area contributed by atoms with Crippen molar-refractivity contribution in [3.05, 3.63) is 0 Å². The van der Waals surface area contributed by atoms with Crippen LogP contribution in [0.15, 0.2) is 9.39 Å². The Hall–Kier alpha value is -0.170. The van der Waals surface area contributed by atoms with E-state index < -0.39 is 15.6 Å². The average molecular weight is 340 g/mol. The van der Waals surface area contributed by atoms with Gasteiger partial charge in [0.05, 0.1) is 16.5 Å². The van der Waals surface area contributed by atoms with Crippen molar-refractivity contribution < 1.29 is 8.76 Å². The molecule has 0 aromatic rings. The Morgan fingerprint density at radius 2 is 2.10 bits per heavy atom. The van der Waals surface area contributed by atoms with Crippen molar-refractivity contribution in [2.45, 2.75) is 54.5 Å². The minimum absolute atomic E-state index is 0.0313. The molecule has 0 spiro atoms. The molecule has 0 bridgehead atoms. The Kier molecular flexibility index (Phi) is 5.45. The first-order chi connectivity index (χ1) is 9.40. The zero-order valence-corrected chi connectivity index (χ0v) is 13.5. The number of hydrogen-bond donors (Lipinski definition) is 1. The van der Waals surface area contributed by atoms with Gasteiger partial charge in [0.25, 0.3) is 0 Å². The molecule has 2 N–H and O–H groups in total. The highest BCUT2D eigenvalue weighted by Gasteiger charge is 2.39. The lowest BCUT2D eigenvalue weighted by Gasteiger charge is -2.29. The van der Waals surface area contributed by atoms with Crippen LogP contribution in [0.25, 0.3) is 0 Å². The molecular formula is C12H19Cl2N3O2S. The minimum atomic E-state index is -3.65. The van der Waals surface area contributed by atoms with Gasteiger partial charge in [0.15, 0.2) is 16.2 Å². The Balaban J connectivity index is 2.10. The molecule has 2 aliphatic rings. The van der Waals surface area contributed by atoms with Gasteiger partial charge in [-0.3, -0.25) is 4.99 Å². The van der Waals surface area contributed by atoms with E-state index in [0.717, 1.165) is 12.8 Å². The molecule has 0 radical (unpaired) electrons. The average Bonchev–Trinajstić information content (AvgIpc) is 2.42. The summed E-state index contributed by atoms with van der Waals surface area (Å²) in [5.74, 6) is 0.0313. The molecule has 1 saturated carbocycles. The largest absolute Gasteiger partial charge is 0.591 e. The number of nitrogens with zero attached hydrogens (tertiary/aromatic N) is 2. The Labute approximate surface area is 130 Å². The van der Waals surface area contributed by atoms with E-state index in [1.165, 1.54) is 0 Å². The molecule has 4 atom stereocenters. The molecule has 1 fully saturated rings. The molecule has 0 aromatic carbocycles. The molecule has 1 heterocycles. The molecule has 8 heteroatoms. The molecule has 1 aliphatic carbocycles. The van der Waals surface area contributed by atoms with Crippen LogP contribution in [0.2, 0.25) is 0 Å². The molecule has 0 saturated heterocycles. The van der Waals surface area contributed by atoms with E-state index in [1.54, 1.807) is 0 Å². The number of rotatable bonds is 3. The summed E-state index contributed by atoms with van der Waals surface area (Å²) in [5, 5.41) is -1.11. The predicted molar refractivity (Wildman–Crippen MR) is 83.5 cm³/mol. The number of amidine groups is 1. The van der Waals surface area contributed by atoms with Crippen LogP contribution in [-0.4, -0.2) is 38.6 Å². The topological polar surface area (TPSA) is 90.9 Å².